The second-order valence-electron chi connectivity index (χ2n) is 7.57. The highest BCUT2D eigenvalue weighted by Gasteiger charge is 2.47. The summed E-state index contributed by atoms with van der Waals surface area (Å²) in [5.74, 6) is -0.758. The molecule has 1 aromatic carbocycles. The Morgan fingerprint density at radius 2 is 1.82 bits per heavy atom. The number of nitrogens with zero attached hydrogens (tertiary/aromatic N) is 2. The first-order valence-corrected chi connectivity index (χ1v) is 10.1. The Kier molecular flexibility index (Phi) is 8.13. The molecule has 0 aliphatic carbocycles. The molecule has 0 amide bonds. The minimum Gasteiger partial charge on any atom is -0.462 e. The number of rotatable bonds is 10. The number of hydrogen-bond donors (Lipinski definition) is 4. The summed E-state index contributed by atoms with van der Waals surface area (Å²) in [5.41, 5.74) is 0.274. The highest BCUT2D eigenvalue weighted by Crippen LogP contribution is 2.31. The molecule has 1 fully saturated rings. The maximum atomic E-state index is 13.2. The summed E-state index contributed by atoms with van der Waals surface area (Å²) in [6, 6.07) is 10.1. The van der Waals surface area contributed by atoms with Crippen molar-refractivity contribution in [1.29, 1.82) is 0 Å². The Balaban J connectivity index is 1.76. The van der Waals surface area contributed by atoms with E-state index < -0.39 is 48.2 Å². The van der Waals surface area contributed by atoms with Crippen LogP contribution in [-0.4, -0.2) is 83.3 Å². The maximum Gasteiger partial charge on any atom is 0.351 e. The fraction of sp³-hybridized carbons (Fsp3) is 0.476. The summed E-state index contributed by atoms with van der Waals surface area (Å²) in [7, 11) is 2.91. The number of ether oxygens (including phenoxy) is 4. The SMILES string of the molecule is COCC(COC)(C(=O)OC[C@H]1O[C@@H](n2ccc(NO)nc2=O)[C@H](O)[C@@H]1O)c1ccccc1. The second-order valence-corrected chi connectivity index (χ2v) is 7.57. The summed E-state index contributed by atoms with van der Waals surface area (Å²) in [5, 5.41) is 29.7. The number of esters is 1. The highest BCUT2D eigenvalue weighted by atomic mass is 16.6. The quantitative estimate of drug-likeness (QED) is 0.263. The number of benzene rings is 1. The molecule has 1 aliphatic heterocycles. The molecule has 4 atom stereocenters. The lowest BCUT2D eigenvalue weighted by Crippen LogP contribution is -2.47. The van der Waals surface area contributed by atoms with Crippen molar-refractivity contribution in [2.45, 2.75) is 30.0 Å². The topological polar surface area (TPSA) is 162 Å². The van der Waals surface area contributed by atoms with Crippen LogP contribution in [0.3, 0.4) is 0 Å². The van der Waals surface area contributed by atoms with Gasteiger partial charge in [0.1, 0.15) is 30.3 Å². The van der Waals surface area contributed by atoms with Crippen molar-refractivity contribution in [1.82, 2.24) is 9.55 Å². The van der Waals surface area contributed by atoms with Gasteiger partial charge in [0.2, 0.25) is 0 Å². The largest absolute Gasteiger partial charge is 0.462 e. The summed E-state index contributed by atoms with van der Waals surface area (Å²) < 4.78 is 22.6. The molecule has 0 bridgehead atoms. The second kappa shape index (κ2) is 10.8. The predicted octanol–water partition coefficient (Wildman–Crippen LogP) is -0.562. The molecular weight excluding hydrogens is 438 g/mol. The number of carbonyl (C=O) groups is 1. The first-order chi connectivity index (χ1) is 15.9. The Labute approximate surface area is 189 Å². The van der Waals surface area contributed by atoms with Crippen molar-refractivity contribution < 1.29 is 39.2 Å². The standard InChI is InChI=1S/C21H27N3O9/c1-30-11-21(12-31-2,13-6-4-3-5-7-13)19(27)32-10-14-16(25)17(26)18(33-14)24-9-8-15(23-29)22-20(24)28/h3-9,14,16-18,25-26,29H,10-12H2,1-2H3,(H,22,23,28)/t14-,16-,17-,18-/m1/s1. The smallest absolute Gasteiger partial charge is 0.351 e. The van der Waals surface area contributed by atoms with Gasteiger partial charge in [-0.1, -0.05) is 30.3 Å². The average molecular weight is 465 g/mol. The first kappa shape index (κ1) is 24.8. The van der Waals surface area contributed by atoms with E-state index in [1.165, 1.54) is 26.5 Å². The molecule has 33 heavy (non-hydrogen) atoms. The van der Waals surface area contributed by atoms with Crippen molar-refractivity contribution in [3.05, 3.63) is 58.6 Å². The van der Waals surface area contributed by atoms with Crippen molar-refractivity contribution in [2.75, 3.05) is 39.5 Å². The van der Waals surface area contributed by atoms with Crippen molar-refractivity contribution in [3.63, 3.8) is 0 Å². The van der Waals surface area contributed by atoms with E-state index in [0.717, 1.165) is 4.57 Å². The highest BCUT2D eigenvalue weighted by molar-refractivity contribution is 5.83. The number of hydrogen-bond acceptors (Lipinski definition) is 11. The Hall–Kier alpha value is -2.87. The predicted molar refractivity (Wildman–Crippen MR) is 113 cm³/mol. The van der Waals surface area contributed by atoms with E-state index in [1.807, 2.05) is 6.07 Å². The van der Waals surface area contributed by atoms with E-state index in [1.54, 1.807) is 29.7 Å². The van der Waals surface area contributed by atoms with Crippen LogP contribution < -0.4 is 11.2 Å². The van der Waals surface area contributed by atoms with Gasteiger partial charge >= 0.3 is 11.7 Å². The molecule has 180 valence electrons. The summed E-state index contributed by atoms with van der Waals surface area (Å²) in [6.07, 6.45) is -4.08. The minimum atomic E-state index is -1.49. The van der Waals surface area contributed by atoms with Gasteiger partial charge in [0.25, 0.3) is 0 Å². The number of nitrogens with one attached hydrogen (secondary N) is 1. The van der Waals surface area contributed by atoms with Crippen LogP contribution in [0, 0.1) is 0 Å². The van der Waals surface area contributed by atoms with Crippen molar-refractivity contribution >= 4 is 11.8 Å². The number of aliphatic hydroxyl groups excluding tert-OH is 2. The van der Waals surface area contributed by atoms with Gasteiger partial charge in [0.05, 0.1) is 13.2 Å². The van der Waals surface area contributed by atoms with E-state index >= 15 is 0 Å². The zero-order chi connectivity index (χ0) is 24.0. The molecule has 0 saturated carbocycles. The van der Waals surface area contributed by atoms with Gasteiger partial charge in [-0.15, -0.1) is 0 Å². The monoisotopic (exact) mass is 465 g/mol. The van der Waals surface area contributed by atoms with E-state index in [9.17, 15) is 19.8 Å². The summed E-state index contributed by atoms with van der Waals surface area (Å²) in [6.45, 7) is -0.432. The first-order valence-electron chi connectivity index (χ1n) is 10.1. The van der Waals surface area contributed by atoms with Crippen LogP contribution in [0.4, 0.5) is 5.82 Å². The zero-order valence-corrected chi connectivity index (χ0v) is 18.2. The van der Waals surface area contributed by atoms with Crippen LogP contribution >= 0.6 is 0 Å². The van der Waals surface area contributed by atoms with E-state index in [-0.39, 0.29) is 19.0 Å². The molecular formula is C21H27N3O9. The third kappa shape index (κ3) is 5.05. The molecule has 12 heteroatoms. The summed E-state index contributed by atoms with van der Waals surface area (Å²) >= 11 is 0. The molecule has 0 unspecified atom stereocenters. The lowest BCUT2D eigenvalue weighted by molar-refractivity contribution is -0.162. The van der Waals surface area contributed by atoms with Gasteiger partial charge in [-0.25, -0.2) is 4.79 Å². The fourth-order valence-electron chi connectivity index (χ4n) is 3.76. The molecule has 1 aliphatic rings. The van der Waals surface area contributed by atoms with Gasteiger partial charge in [-0.2, -0.15) is 4.98 Å². The molecule has 3 rings (SSSR count). The zero-order valence-electron chi connectivity index (χ0n) is 18.2. The van der Waals surface area contributed by atoms with Crippen molar-refractivity contribution in [2.24, 2.45) is 0 Å². The molecule has 1 aromatic heterocycles. The molecule has 0 radical (unpaired) electrons. The lowest BCUT2D eigenvalue weighted by Gasteiger charge is -2.31. The van der Waals surface area contributed by atoms with Crippen molar-refractivity contribution in [3.8, 4) is 0 Å². The van der Waals surface area contributed by atoms with Gasteiger partial charge in [0.15, 0.2) is 12.0 Å². The number of aliphatic hydroxyl groups is 2. The van der Waals surface area contributed by atoms with Crippen LogP contribution in [0.15, 0.2) is 47.4 Å². The molecule has 12 nitrogen and oxygen atoms in total. The number of anilines is 1. The Morgan fingerprint density at radius 1 is 1.15 bits per heavy atom. The van der Waals surface area contributed by atoms with E-state index in [2.05, 4.69) is 4.98 Å². The van der Waals surface area contributed by atoms with Crippen LogP contribution in [0.1, 0.15) is 11.8 Å². The normalized spacial score (nSPS) is 22.8. The third-order valence-corrected chi connectivity index (χ3v) is 5.43. The molecule has 0 spiro atoms. The Bertz CT molecular complexity index is 978. The van der Waals surface area contributed by atoms with E-state index in [0.29, 0.717) is 5.56 Å². The number of carbonyl (C=O) groups excluding carboxylic acids is 1. The van der Waals surface area contributed by atoms with Crippen LogP contribution in [-0.2, 0) is 29.2 Å². The van der Waals surface area contributed by atoms with Gasteiger partial charge in [-0.3, -0.25) is 20.0 Å². The maximum absolute atomic E-state index is 13.2. The average Bonchev–Trinajstić information content (AvgIpc) is 3.11. The molecule has 1 saturated heterocycles. The fourth-order valence-corrected chi connectivity index (χ4v) is 3.76. The van der Waals surface area contributed by atoms with Crippen LogP contribution in [0.25, 0.3) is 0 Å². The minimum absolute atomic E-state index is 0.0185. The number of aromatic nitrogens is 2. The molecule has 2 aromatic rings. The van der Waals surface area contributed by atoms with Gasteiger partial charge in [0, 0.05) is 20.4 Å². The van der Waals surface area contributed by atoms with Crippen LogP contribution in [0.2, 0.25) is 0 Å². The molecule has 4 N–H and O–H groups in total. The van der Waals surface area contributed by atoms with E-state index in [4.69, 9.17) is 24.2 Å². The van der Waals surface area contributed by atoms with Gasteiger partial charge < -0.3 is 29.2 Å². The summed E-state index contributed by atoms with van der Waals surface area (Å²) in [4.78, 5) is 28.9. The lowest BCUT2D eigenvalue weighted by atomic mass is 9.82. The third-order valence-electron chi connectivity index (χ3n) is 5.43. The number of methoxy groups -OCH3 is 2. The van der Waals surface area contributed by atoms with Gasteiger partial charge in [-0.05, 0) is 11.6 Å². The Morgan fingerprint density at radius 3 is 2.39 bits per heavy atom. The molecule has 2 heterocycles. The van der Waals surface area contributed by atoms with Crippen LogP contribution in [0.5, 0.6) is 0 Å².